The molecule has 0 fully saturated rings. The second-order valence-electron chi connectivity index (χ2n) is 2.83. The summed E-state index contributed by atoms with van der Waals surface area (Å²) < 4.78 is 0. The van der Waals surface area contributed by atoms with E-state index in [0.717, 1.165) is 5.69 Å². The third-order valence-electron chi connectivity index (χ3n) is 1.66. The first-order chi connectivity index (χ1) is 7.63. The lowest BCUT2D eigenvalue weighted by atomic mass is 10.3. The SMILES string of the molecule is Clc1cccc(Nc2nc(Cl)nc(Cl)n2)c1. The second kappa shape index (κ2) is 4.82. The molecule has 0 spiro atoms. The fourth-order valence-electron chi connectivity index (χ4n) is 1.08. The molecule has 0 saturated carbocycles. The van der Waals surface area contributed by atoms with Crippen molar-refractivity contribution in [1.29, 1.82) is 0 Å². The van der Waals surface area contributed by atoms with Crippen molar-refractivity contribution in [3.63, 3.8) is 0 Å². The van der Waals surface area contributed by atoms with Crippen LogP contribution < -0.4 is 5.32 Å². The first-order valence-corrected chi connectivity index (χ1v) is 5.36. The molecule has 1 aromatic carbocycles. The van der Waals surface area contributed by atoms with Crippen molar-refractivity contribution in [2.24, 2.45) is 0 Å². The van der Waals surface area contributed by atoms with E-state index >= 15 is 0 Å². The van der Waals surface area contributed by atoms with Gasteiger partial charge in [-0.1, -0.05) is 17.7 Å². The average molecular weight is 276 g/mol. The summed E-state index contributed by atoms with van der Waals surface area (Å²) in [5.41, 5.74) is 0.742. The third-order valence-corrected chi connectivity index (χ3v) is 2.23. The fourth-order valence-corrected chi connectivity index (χ4v) is 1.63. The van der Waals surface area contributed by atoms with Gasteiger partial charge in [0.25, 0.3) is 0 Å². The Morgan fingerprint density at radius 1 is 0.938 bits per heavy atom. The molecule has 0 radical (unpaired) electrons. The standard InChI is InChI=1S/C9H5Cl3N4/c10-5-2-1-3-6(4-5)13-9-15-7(11)14-8(12)16-9/h1-4H,(H,13,14,15,16). The smallest absolute Gasteiger partial charge is 0.232 e. The summed E-state index contributed by atoms with van der Waals surface area (Å²) in [5.74, 6) is 0.271. The van der Waals surface area contributed by atoms with E-state index in [2.05, 4.69) is 20.3 Å². The van der Waals surface area contributed by atoms with Gasteiger partial charge in [-0.05, 0) is 41.4 Å². The molecule has 0 saturated heterocycles. The maximum absolute atomic E-state index is 5.83. The molecule has 4 nitrogen and oxygen atoms in total. The van der Waals surface area contributed by atoms with Crippen LogP contribution in [-0.2, 0) is 0 Å². The molecule has 2 rings (SSSR count). The molecule has 0 aliphatic rings. The highest BCUT2D eigenvalue weighted by atomic mass is 35.5. The van der Waals surface area contributed by atoms with Gasteiger partial charge in [0.15, 0.2) is 0 Å². The lowest BCUT2D eigenvalue weighted by Crippen LogP contribution is -1.99. The van der Waals surface area contributed by atoms with E-state index in [4.69, 9.17) is 34.8 Å². The van der Waals surface area contributed by atoms with E-state index in [0.29, 0.717) is 5.02 Å². The van der Waals surface area contributed by atoms with Crippen molar-refractivity contribution >= 4 is 46.4 Å². The minimum atomic E-state index is 0.0320. The predicted octanol–water partition coefficient (Wildman–Crippen LogP) is 3.58. The molecule has 82 valence electrons. The Hall–Kier alpha value is -1.10. The summed E-state index contributed by atoms with van der Waals surface area (Å²) in [6.07, 6.45) is 0. The van der Waals surface area contributed by atoms with Crippen LogP contribution in [0.3, 0.4) is 0 Å². The van der Waals surface area contributed by atoms with Crippen molar-refractivity contribution in [1.82, 2.24) is 15.0 Å². The number of hydrogen-bond donors (Lipinski definition) is 1. The molecule has 1 N–H and O–H groups in total. The van der Waals surface area contributed by atoms with Crippen LogP contribution in [0, 0.1) is 0 Å². The van der Waals surface area contributed by atoms with E-state index in [1.54, 1.807) is 18.2 Å². The minimum Gasteiger partial charge on any atom is -0.324 e. The lowest BCUT2D eigenvalue weighted by molar-refractivity contribution is 1.05. The van der Waals surface area contributed by atoms with Crippen LogP contribution in [-0.4, -0.2) is 15.0 Å². The topological polar surface area (TPSA) is 50.7 Å². The first-order valence-electron chi connectivity index (χ1n) is 4.23. The van der Waals surface area contributed by atoms with Crippen LogP contribution >= 0.6 is 34.8 Å². The number of anilines is 2. The zero-order chi connectivity index (χ0) is 11.5. The molecule has 0 aliphatic heterocycles. The maximum Gasteiger partial charge on any atom is 0.232 e. The maximum atomic E-state index is 5.83. The normalized spacial score (nSPS) is 10.2. The van der Waals surface area contributed by atoms with Crippen molar-refractivity contribution in [2.75, 3.05) is 5.32 Å². The summed E-state index contributed by atoms with van der Waals surface area (Å²) >= 11 is 17.1. The molecule has 0 amide bonds. The number of halogens is 3. The van der Waals surface area contributed by atoms with Crippen LogP contribution in [0.1, 0.15) is 0 Å². The van der Waals surface area contributed by atoms with Crippen LogP contribution in [0.25, 0.3) is 0 Å². The predicted molar refractivity (Wildman–Crippen MR) is 64.6 cm³/mol. The van der Waals surface area contributed by atoms with Gasteiger partial charge in [0.1, 0.15) is 0 Å². The Bertz CT molecular complexity index is 498. The van der Waals surface area contributed by atoms with Crippen molar-refractivity contribution < 1.29 is 0 Å². The molecule has 16 heavy (non-hydrogen) atoms. The minimum absolute atomic E-state index is 0.0320. The quantitative estimate of drug-likeness (QED) is 0.910. The van der Waals surface area contributed by atoms with Gasteiger partial charge in [-0.3, -0.25) is 0 Å². The van der Waals surface area contributed by atoms with Crippen LogP contribution in [0.5, 0.6) is 0 Å². The van der Waals surface area contributed by atoms with Gasteiger partial charge < -0.3 is 5.32 Å². The number of hydrogen-bond acceptors (Lipinski definition) is 4. The molecule has 7 heteroatoms. The van der Waals surface area contributed by atoms with Crippen molar-refractivity contribution in [2.45, 2.75) is 0 Å². The van der Waals surface area contributed by atoms with E-state index in [9.17, 15) is 0 Å². The van der Waals surface area contributed by atoms with Gasteiger partial charge >= 0.3 is 0 Å². The van der Waals surface area contributed by atoms with Crippen LogP contribution in [0.4, 0.5) is 11.6 Å². The summed E-state index contributed by atoms with van der Waals surface area (Å²) in [7, 11) is 0. The highest BCUT2D eigenvalue weighted by molar-refractivity contribution is 6.31. The van der Waals surface area contributed by atoms with Gasteiger partial charge in [0, 0.05) is 10.7 Å². The van der Waals surface area contributed by atoms with E-state index < -0.39 is 0 Å². The Morgan fingerprint density at radius 2 is 1.62 bits per heavy atom. The molecular formula is C9H5Cl3N4. The number of nitrogens with zero attached hydrogens (tertiary/aromatic N) is 3. The Morgan fingerprint density at radius 3 is 2.25 bits per heavy atom. The number of aromatic nitrogens is 3. The molecule has 1 heterocycles. The van der Waals surface area contributed by atoms with Gasteiger partial charge in [-0.2, -0.15) is 15.0 Å². The third kappa shape index (κ3) is 2.95. The first kappa shape index (κ1) is 11.4. The van der Waals surface area contributed by atoms with Crippen molar-refractivity contribution in [3.8, 4) is 0 Å². The summed E-state index contributed by atoms with van der Waals surface area (Å²) in [5, 5.41) is 3.58. The second-order valence-corrected chi connectivity index (χ2v) is 3.94. The zero-order valence-electron chi connectivity index (χ0n) is 7.78. The van der Waals surface area contributed by atoms with Crippen LogP contribution in [0.15, 0.2) is 24.3 Å². The highest BCUT2D eigenvalue weighted by Crippen LogP contribution is 2.19. The fraction of sp³-hybridized carbons (Fsp3) is 0. The number of nitrogens with one attached hydrogen (secondary N) is 1. The van der Waals surface area contributed by atoms with Crippen molar-refractivity contribution in [3.05, 3.63) is 39.9 Å². The van der Waals surface area contributed by atoms with Gasteiger partial charge in [0.05, 0.1) is 0 Å². The summed E-state index contributed by atoms with van der Waals surface area (Å²) in [4.78, 5) is 11.4. The molecule has 0 bridgehead atoms. The largest absolute Gasteiger partial charge is 0.324 e. The lowest BCUT2D eigenvalue weighted by Gasteiger charge is -2.04. The average Bonchev–Trinajstić information content (AvgIpc) is 2.15. The molecule has 0 atom stereocenters. The monoisotopic (exact) mass is 274 g/mol. The summed E-state index contributed by atoms with van der Waals surface area (Å²) in [6.45, 7) is 0. The number of rotatable bonds is 2. The Kier molecular flexibility index (Phi) is 3.43. The molecule has 0 unspecified atom stereocenters. The van der Waals surface area contributed by atoms with Gasteiger partial charge in [-0.25, -0.2) is 0 Å². The van der Waals surface area contributed by atoms with Gasteiger partial charge in [0.2, 0.25) is 16.5 Å². The van der Waals surface area contributed by atoms with E-state index in [1.807, 2.05) is 6.07 Å². The van der Waals surface area contributed by atoms with Crippen LogP contribution in [0.2, 0.25) is 15.6 Å². The summed E-state index contributed by atoms with van der Waals surface area (Å²) in [6, 6.07) is 7.11. The Balaban J connectivity index is 2.27. The van der Waals surface area contributed by atoms with E-state index in [1.165, 1.54) is 0 Å². The van der Waals surface area contributed by atoms with Gasteiger partial charge in [-0.15, -0.1) is 0 Å². The highest BCUT2D eigenvalue weighted by Gasteiger charge is 2.03. The van der Waals surface area contributed by atoms with E-state index in [-0.39, 0.29) is 16.5 Å². The molecule has 1 aromatic heterocycles. The zero-order valence-corrected chi connectivity index (χ0v) is 10.1. The number of benzene rings is 1. The molecule has 0 aliphatic carbocycles. The molecule has 2 aromatic rings. The Labute approximate surface area is 107 Å². The molecular weight excluding hydrogens is 270 g/mol.